The number of piperidine rings is 1. The Morgan fingerprint density at radius 1 is 1.40 bits per heavy atom. The van der Waals surface area contributed by atoms with Crippen LogP contribution in [0, 0.1) is 0 Å². The molecular weight excluding hydrogens is 254 g/mol. The minimum atomic E-state index is 0.397. The normalized spacial score (nSPS) is 19.4. The number of nitrogens with zero attached hydrogens (tertiary/aromatic N) is 4. The van der Waals surface area contributed by atoms with E-state index in [4.69, 9.17) is 4.74 Å². The number of rotatable bonds is 5. The number of hydrogen-bond donors (Lipinski definition) is 1. The van der Waals surface area contributed by atoms with Gasteiger partial charge in [-0.05, 0) is 19.4 Å². The average molecular weight is 275 g/mol. The Kier molecular flexibility index (Phi) is 4.13. The lowest BCUT2D eigenvalue weighted by molar-refractivity contribution is 0.183. The molecule has 0 aliphatic carbocycles. The van der Waals surface area contributed by atoms with Gasteiger partial charge in [-0.3, -0.25) is 9.25 Å². The second-order valence-corrected chi connectivity index (χ2v) is 5.15. The first kappa shape index (κ1) is 13.3. The average Bonchev–Trinajstić information content (AvgIpc) is 3.14. The van der Waals surface area contributed by atoms with Crippen molar-refractivity contribution in [1.29, 1.82) is 0 Å². The topological polar surface area (TPSA) is 56.9 Å². The SMILES string of the molecule is COCCn1cc(-n2cncc2C2CCCCN2)cn1. The lowest BCUT2D eigenvalue weighted by Crippen LogP contribution is -2.28. The molecule has 1 unspecified atom stereocenters. The van der Waals surface area contributed by atoms with Crippen LogP contribution in [0.2, 0.25) is 0 Å². The predicted octanol–water partition coefficient (Wildman–Crippen LogP) is 1.53. The van der Waals surface area contributed by atoms with Gasteiger partial charge in [-0.25, -0.2) is 4.98 Å². The lowest BCUT2D eigenvalue weighted by Gasteiger charge is -2.24. The molecule has 3 heterocycles. The molecule has 1 atom stereocenters. The van der Waals surface area contributed by atoms with Crippen molar-refractivity contribution in [3.63, 3.8) is 0 Å². The van der Waals surface area contributed by atoms with Crippen LogP contribution in [0.15, 0.2) is 24.9 Å². The van der Waals surface area contributed by atoms with Gasteiger partial charge in [0, 0.05) is 19.3 Å². The summed E-state index contributed by atoms with van der Waals surface area (Å²) in [6, 6.07) is 0.397. The molecule has 0 radical (unpaired) electrons. The summed E-state index contributed by atoms with van der Waals surface area (Å²) in [6.07, 6.45) is 11.4. The molecule has 1 aliphatic heterocycles. The van der Waals surface area contributed by atoms with Gasteiger partial charge in [-0.1, -0.05) is 6.42 Å². The van der Waals surface area contributed by atoms with Gasteiger partial charge in [-0.2, -0.15) is 5.10 Å². The highest BCUT2D eigenvalue weighted by molar-refractivity contribution is 5.29. The molecule has 6 heteroatoms. The third-order valence-corrected chi connectivity index (χ3v) is 3.76. The zero-order valence-corrected chi connectivity index (χ0v) is 11.8. The molecule has 1 aliphatic rings. The van der Waals surface area contributed by atoms with E-state index in [1.54, 1.807) is 7.11 Å². The molecule has 1 N–H and O–H groups in total. The maximum Gasteiger partial charge on any atom is 0.0995 e. The van der Waals surface area contributed by atoms with Crippen molar-refractivity contribution in [2.45, 2.75) is 31.8 Å². The molecule has 2 aromatic heterocycles. The van der Waals surface area contributed by atoms with E-state index in [9.17, 15) is 0 Å². The third kappa shape index (κ3) is 2.76. The van der Waals surface area contributed by atoms with E-state index >= 15 is 0 Å². The monoisotopic (exact) mass is 275 g/mol. The van der Waals surface area contributed by atoms with Gasteiger partial charge in [-0.15, -0.1) is 0 Å². The first-order chi connectivity index (χ1) is 9.88. The van der Waals surface area contributed by atoms with Gasteiger partial charge in [0.05, 0.1) is 43.3 Å². The minimum absolute atomic E-state index is 0.397. The number of methoxy groups -OCH3 is 1. The highest BCUT2D eigenvalue weighted by Crippen LogP contribution is 2.24. The van der Waals surface area contributed by atoms with Crippen LogP contribution in [-0.2, 0) is 11.3 Å². The van der Waals surface area contributed by atoms with Gasteiger partial charge in [0.25, 0.3) is 0 Å². The Balaban J connectivity index is 1.79. The molecule has 2 aromatic rings. The molecule has 1 fully saturated rings. The fourth-order valence-electron chi connectivity index (χ4n) is 2.67. The van der Waals surface area contributed by atoms with Crippen molar-refractivity contribution < 1.29 is 4.74 Å². The van der Waals surface area contributed by atoms with E-state index in [1.165, 1.54) is 25.0 Å². The maximum atomic E-state index is 5.07. The summed E-state index contributed by atoms with van der Waals surface area (Å²) >= 11 is 0. The second kappa shape index (κ2) is 6.19. The van der Waals surface area contributed by atoms with Crippen molar-refractivity contribution in [1.82, 2.24) is 24.6 Å². The zero-order chi connectivity index (χ0) is 13.8. The molecule has 3 rings (SSSR count). The van der Waals surface area contributed by atoms with Crippen LogP contribution in [0.25, 0.3) is 5.69 Å². The molecule has 0 saturated carbocycles. The predicted molar refractivity (Wildman–Crippen MR) is 75.8 cm³/mol. The molecule has 1 saturated heterocycles. The van der Waals surface area contributed by atoms with Crippen molar-refractivity contribution in [3.05, 3.63) is 30.6 Å². The molecule has 0 spiro atoms. The Bertz CT molecular complexity index is 541. The van der Waals surface area contributed by atoms with Crippen LogP contribution < -0.4 is 5.32 Å². The van der Waals surface area contributed by atoms with Crippen molar-refractivity contribution in [2.24, 2.45) is 0 Å². The Hall–Kier alpha value is -1.66. The highest BCUT2D eigenvalue weighted by atomic mass is 16.5. The Morgan fingerprint density at radius 3 is 3.15 bits per heavy atom. The number of aromatic nitrogens is 4. The molecule has 108 valence electrons. The summed E-state index contributed by atoms with van der Waals surface area (Å²) in [5, 5.41) is 7.93. The fourth-order valence-corrected chi connectivity index (χ4v) is 2.67. The largest absolute Gasteiger partial charge is 0.383 e. The maximum absolute atomic E-state index is 5.07. The van der Waals surface area contributed by atoms with Gasteiger partial charge in [0.1, 0.15) is 0 Å². The van der Waals surface area contributed by atoms with E-state index < -0.39 is 0 Å². The molecule has 6 nitrogen and oxygen atoms in total. The van der Waals surface area contributed by atoms with E-state index in [0.717, 1.165) is 18.8 Å². The smallest absolute Gasteiger partial charge is 0.0995 e. The number of hydrogen-bond acceptors (Lipinski definition) is 4. The quantitative estimate of drug-likeness (QED) is 0.899. The van der Waals surface area contributed by atoms with Gasteiger partial charge < -0.3 is 10.1 Å². The second-order valence-electron chi connectivity index (χ2n) is 5.15. The molecule has 0 amide bonds. The summed E-state index contributed by atoms with van der Waals surface area (Å²) in [5.74, 6) is 0. The molecule has 0 bridgehead atoms. The van der Waals surface area contributed by atoms with Gasteiger partial charge in [0.15, 0.2) is 0 Å². The third-order valence-electron chi connectivity index (χ3n) is 3.76. The first-order valence-electron chi connectivity index (χ1n) is 7.16. The first-order valence-corrected chi connectivity index (χ1v) is 7.16. The zero-order valence-electron chi connectivity index (χ0n) is 11.8. The molecule has 20 heavy (non-hydrogen) atoms. The minimum Gasteiger partial charge on any atom is -0.383 e. The summed E-state index contributed by atoms with van der Waals surface area (Å²) in [5.41, 5.74) is 2.27. The number of imidazole rings is 1. The van der Waals surface area contributed by atoms with Gasteiger partial charge in [0.2, 0.25) is 0 Å². The van der Waals surface area contributed by atoms with E-state index in [0.29, 0.717) is 12.6 Å². The summed E-state index contributed by atoms with van der Waals surface area (Å²) < 4.78 is 9.10. The van der Waals surface area contributed by atoms with E-state index in [1.807, 2.05) is 29.6 Å². The standard InChI is InChI=1S/C14H21N5O/c1-20-7-6-18-10-12(8-17-18)19-11-15-9-14(19)13-4-2-3-5-16-13/h8-11,13,16H,2-7H2,1H3. The van der Waals surface area contributed by atoms with Crippen LogP contribution in [0.4, 0.5) is 0 Å². The van der Waals surface area contributed by atoms with Crippen molar-refractivity contribution in [2.75, 3.05) is 20.3 Å². The Morgan fingerprint density at radius 2 is 2.35 bits per heavy atom. The van der Waals surface area contributed by atoms with Crippen LogP contribution in [0.3, 0.4) is 0 Å². The summed E-state index contributed by atoms with van der Waals surface area (Å²) in [6.45, 7) is 2.52. The molecular formula is C14H21N5O. The van der Waals surface area contributed by atoms with Crippen LogP contribution in [-0.4, -0.2) is 39.6 Å². The van der Waals surface area contributed by atoms with Crippen LogP contribution in [0.5, 0.6) is 0 Å². The summed E-state index contributed by atoms with van der Waals surface area (Å²) in [4.78, 5) is 4.31. The van der Waals surface area contributed by atoms with Gasteiger partial charge >= 0.3 is 0 Å². The lowest BCUT2D eigenvalue weighted by atomic mass is 10.0. The Labute approximate surface area is 118 Å². The van der Waals surface area contributed by atoms with E-state index in [2.05, 4.69) is 20.0 Å². The van der Waals surface area contributed by atoms with Crippen molar-refractivity contribution >= 4 is 0 Å². The highest BCUT2D eigenvalue weighted by Gasteiger charge is 2.19. The van der Waals surface area contributed by atoms with E-state index in [-0.39, 0.29) is 0 Å². The molecule has 0 aromatic carbocycles. The number of nitrogens with one attached hydrogen (secondary N) is 1. The van der Waals surface area contributed by atoms with Crippen molar-refractivity contribution in [3.8, 4) is 5.69 Å². The van der Waals surface area contributed by atoms with Crippen LogP contribution >= 0.6 is 0 Å². The fraction of sp³-hybridized carbons (Fsp3) is 0.571. The summed E-state index contributed by atoms with van der Waals surface area (Å²) in [7, 11) is 1.70. The number of ether oxygens (including phenoxy) is 1. The van der Waals surface area contributed by atoms with Crippen LogP contribution in [0.1, 0.15) is 31.0 Å².